The lowest BCUT2D eigenvalue weighted by atomic mass is 10.2. The summed E-state index contributed by atoms with van der Waals surface area (Å²) in [6, 6.07) is 0. The molecule has 0 spiro atoms. The van der Waals surface area contributed by atoms with E-state index in [1.165, 1.54) is 0 Å². The SMILES string of the molecule is CCCC(COC)OC(=O)N1CCC(C)C1. The summed E-state index contributed by atoms with van der Waals surface area (Å²) in [5, 5.41) is 0. The first-order valence-corrected chi connectivity index (χ1v) is 6.11. The summed E-state index contributed by atoms with van der Waals surface area (Å²) in [6.07, 6.45) is 2.66. The molecule has 1 saturated heterocycles. The molecule has 1 aliphatic heterocycles. The summed E-state index contributed by atoms with van der Waals surface area (Å²) < 4.78 is 10.5. The molecule has 0 aromatic rings. The molecule has 4 nitrogen and oxygen atoms in total. The first kappa shape index (κ1) is 13.3. The van der Waals surface area contributed by atoms with Gasteiger partial charge in [-0.1, -0.05) is 20.3 Å². The van der Waals surface area contributed by atoms with Crippen molar-refractivity contribution in [1.29, 1.82) is 0 Å². The van der Waals surface area contributed by atoms with Crippen molar-refractivity contribution in [3.05, 3.63) is 0 Å². The van der Waals surface area contributed by atoms with Crippen molar-refractivity contribution in [1.82, 2.24) is 4.90 Å². The number of carbonyl (C=O) groups is 1. The van der Waals surface area contributed by atoms with Gasteiger partial charge in [-0.3, -0.25) is 0 Å². The van der Waals surface area contributed by atoms with Gasteiger partial charge in [0, 0.05) is 20.2 Å². The van der Waals surface area contributed by atoms with Gasteiger partial charge < -0.3 is 14.4 Å². The van der Waals surface area contributed by atoms with E-state index in [1.54, 1.807) is 12.0 Å². The van der Waals surface area contributed by atoms with Crippen LogP contribution < -0.4 is 0 Å². The van der Waals surface area contributed by atoms with Gasteiger partial charge in [0.2, 0.25) is 0 Å². The van der Waals surface area contributed by atoms with Crippen molar-refractivity contribution >= 4 is 6.09 Å². The molecular formula is C12H23NO3. The molecule has 0 aromatic heterocycles. The lowest BCUT2D eigenvalue weighted by molar-refractivity contribution is 0.0185. The number of carbonyl (C=O) groups excluding carboxylic acids is 1. The second kappa shape index (κ2) is 6.74. The maximum absolute atomic E-state index is 11.8. The van der Waals surface area contributed by atoms with E-state index in [4.69, 9.17) is 9.47 Å². The first-order valence-electron chi connectivity index (χ1n) is 6.11. The molecule has 0 radical (unpaired) electrons. The number of likely N-dealkylation sites (tertiary alicyclic amines) is 1. The van der Waals surface area contributed by atoms with Crippen LogP contribution in [0.5, 0.6) is 0 Å². The average Bonchev–Trinajstić information content (AvgIpc) is 2.65. The zero-order valence-corrected chi connectivity index (χ0v) is 10.6. The number of amides is 1. The van der Waals surface area contributed by atoms with Crippen LogP contribution in [-0.2, 0) is 9.47 Å². The lowest BCUT2D eigenvalue weighted by Gasteiger charge is -2.21. The Morgan fingerprint density at radius 1 is 1.56 bits per heavy atom. The average molecular weight is 229 g/mol. The Morgan fingerprint density at radius 3 is 2.81 bits per heavy atom. The van der Waals surface area contributed by atoms with Crippen LogP contribution in [0.25, 0.3) is 0 Å². The first-order chi connectivity index (χ1) is 7.67. The van der Waals surface area contributed by atoms with E-state index in [1.807, 2.05) is 0 Å². The number of methoxy groups -OCH3 is 1. The zero-order chi connectivity index (χ0) is 12.0. The Kier molecular flexibility index (Phi) is 5.60. The van der Waals surface area contributed by atoms with Gasteiger partial charge in [-0.05, 0) is 18.8 Å². The summed E-state index contributed by atoms with van der Waals surface area (Å²) in [5.74, 6) is 0.597. The number of hydrogen-bond acceptors (Lipinski definition) is 3. The predicted molar refractivity (Wildman–Crippen MR) is 62.4 cm³/mol. The highest BCUT2D eigenvalue weighted by Gasteiger charge is 2.26. The number of ether oxygens (including phenoxy) is 2. The monoisotopic (exact) mass is 229 g/mol. The number of nitrogens with zero attached hydrogens (tertiary/aromatic N) is 1. The molecule has 0 saturated carbocycles. The molecule has 2 unspecified atom stereocenters. The molecule has 4 heteroatoms. The van der Waals surface area contributed by atoms with Gasteiger partial charge in [-0.15, -0.1) is 0 Å². The van der Waals surface area contributed by atoms with Crippen LogP contribution >= 0.6 is 0 Å². The van der Waals surface area contributed by atoms with Gasteiger partial charge >= 0.3 is 6.09 Å². The molecule has 0 N–H and O–H groups in total. The largest absolute Gasteiger partial charge is 0.444 e. The van der Waals surface area contributed by atoms with E-state index < -0.39 is 0 Å². The fraction of sp³-hybridized carbons (Fsp3) is 0.917. The van der Waals surface area contributed by atoms with E-state index in [9.17, 15) is 4.79 Å². The lowest BCUT2D eigenvalue weighted by Crippen LogP contribution is -2.34. The number of hydrogen-bond donors (Lipinski definition) is 0. The highest BCUT2D eigenvalue weighted by atomic mass is 16.6. The smallest absolute Gasteiger partial charge is 0.410 e. The van der Waals surface area contributed by atoms with Crippen LogP contribution in [0.1, 0.15) is 33.1 Å². The van der Waals surface area contributed by atoms with Gasteiger partial charge in [0.05, 0.1) is 6.61 Å². The minimum absolute atomic E-state index is 0.0987. The van der Waals surface area contributed by atoms with Crippen LogP contribution in [0.2, 0.25) is 0 Å². The Hall–Kier alpha value is -0.770. The molecular weight excluding hydrogens is 206 g/mol. The molecule has 0 bridgehead atoms. The van der Waals surface area contributed by atoms with Crippen molar-refractivity contribution in [3.63, 3.8) is 0 Å². The van der Waals surface area contributed by atoms with Gasteiger partial charge in [-0.25, -0.2) is 4.79 Å². The third-order valence-corrected chi connectivity index (χ3v) is 2.91. The summed E-state index contributed by atoms with van der Waals surface area (Å²) >= 11 is 0. The molecule has 16 heavy (non-hydrogen) atoms. The van der Waals surface area contributed by atoms with Crippen LogP contribution in [0, 0.1) is 5.92 Å². The Labute approximate surface area is 97.9 Å². The van der Waals surface area contributed by atoms with E-state index >= 15 is 0 Å². The molecule has 0 aliphatic carbocycles. The molecule has 1 fully saturated rings. The molecule has 1 amide bonds. The highest BCUT2D eigenvalue weighted by molar-refractivity contribution is 5.68. The third kappa shape index (κ3) is 4.00. The van der Waals surface area contributed by atoms with Crippen molar-refractivity contribution in [2.45, 2.75) is 39.2 Å². The Bertz CT molecular complexity index is 214. The third-order valence-electron chi connectivity index (χ3n) is 2.91. The van der Waals surface area contributed by atoms with Crippen LogP contribution in [0.15, 0.2) is 0 Å². The molecule has 1 rings (SSSR count). The maximum Gasteiger partial charge on any atom is 0.410 e. The Morgan fingerprint density at radius 2 is 2.31 bits per heavy atom. The molecule has 1 heterocycles. The summed E-state index contributed by atoms with van der Waals surface area (Å²) in [4.78, 5) is 13.6. The van der Waals surface area contributed by atoms with Crippen molar-refractivity contribution in [3.8, 4) is 0 Å². The fourth-order valence-electron chi connectivity index (χ4n) is 2.00. The topological polar surface area (TPSA) is 38.8 Å². The second-order valence-corrected chi connectivity index (χ2v) is 4.59. The van der Waals surface area contributed by atoms with E-state index in [0.717, 1.165) is 32.4 Å². The van der Waals surface area contributed by atoms with Gasteiger partial charge in [-0.2, -0.15) is 0 Å². The van der Waals surface area contributed by atoms with Gasteiger partial charge in [0.25, 0.3) is 0 Å². The summed E-state index contributed by atoms with van der Waals surface area (Å²) in [5.41, 5.74) is 0. The van der Waals surface area contributed by atoms with Gasteiger partial charge in [0.15, 0.2) is 0 Å². The van der Waals surface area contributed by atoms with E-state index in [0.29, 0.717) is 12.5 Å². The molecule has 2 atom stereocenters. The van der Waals surface area contributed by atoms with Crippen LogP contribution in [0.4, 0.5) is 4.79 Å². The molecule has 94 valence electrons. The van der Waals surface area contributed by atoms with E-state index in [-0.39, 0.29) is 12.2 Å². The van der Waals surface area contributed by atoms with Crippen molar-refractivity contribution in [2.75, 3.05) is 26.8 Å². The van der Waals surface area contributed by atoms with Crippen molar-refractivity contribution < 1.29 is 14.3 Å². The van der Waals surface area contributed by atoms with E-state index in [2.05, 4.69) is 13.8 Å². The minimum atomic E-state index is -0.181. The van der Waals surface area contributed by atoms with Crippen LogP contribution in [-0.4, -0.2) is 43.9 Å². The predicted octanol–water partition coefficient (Wildman–Crippen LogP) is 2.28. The van der Waals surface area contributed by atoms with Crippen molar-refractivity contribution in [2.24, 2.45) is 5.92 Å². The summed E-state index contributed by atoms with van der Waals surface area (Å²) in [7, 11) is 1.63. The molecule has 1 aliphatic rings. The standard InChI is InChI=1S/C12H23NO3/c1-4-5-11(9-15-3)16-12(14)13-7-6-10(2)8-13/h10-11H,4-9H2,1-3H3. The Balaban J connectivity index is 2.35. The number of rotatable bonds is 5. The molecule has 0 aromatic carbocycles. The maximum atomic E-state index is 11.8. The quantitative estimate of drug-likeness (QED) is 0.726. The zero-order valence-electron chi connectivity index (χ0n) is 10.6. The van der Waals surface area contributed by atoms with Gasteiger partial charge in [0.1, 0.15) is 6.10 Å². The minimum Gasteiger partial charge on any atom is -0.444 e. The normalized spacial score (nSPS) is 22.2. The second-order valence-electron chi connectivity index (χ2n) is 4.59. The fourth-order valence-corrected chi connectivity index (χ4v) is 2.00. The van der Waals surface area contributed by atoms with Crippen LogP contribution in [0.3, 0.4) is 0 Å². The summed E-state index contributed by atoms with van der Waals surface area (Å²) in [6.45, 7) is 6.37. The highest BCUT2D eigenvalue weighted by Crippen LogP contribution is 2.17.